The number of piperidine rings is 1. The van der Waals surface area contributed by atoms with E-state index in [9.17, 15) is 4.39 Å². The molecule has 3 heteroatoms. The molecular weight excluding hydrogens is 155 g/mol. The van der Waals surface area contributed by atoms with E-state index in [1.165, 1.54) is 0 Å². The van der Waals surface area contributed by atoms with E-state index >= 15 is 0 Å². The second-order valence-corrected chi connectivity index (χ2v) is 3.71. The molecule has 1 fully saturated rings. The highest BCUT2D eigenvalue weighted by atomic mass is 19.1. The van der Waals surface area contributed by atoms with Crippen LogP contribution < -0.4 is 5.32 Å². The smallest absolute Gasteiger partial charge is 0.115 e. The van der Waals surface area contributed by atoms with Crippen molar-refractivity contribution in [1.29, 1.82) is 0 Å². The highest BCUT2D eigenvalue weighted by molar-refractivity contribution is 4.77. The minimum atomic E-state index is -0.649. The molecule has 2 nitrogen and oxygen atoms in total. The highest BCUT2D eigenvalue weighted by Crippen LogP contribution is 2.21. The fraction of sp³-hybridized carbons (Fsp3) is 1.00. The second kappa shape index (κ2) is 4.77. The lowest BCUT2D eigenvalue weighted by molar-refractivity contribution is 0.136. The third-order valence-electron chi connectivity index (χ3n) is 2.67. The zero-order valence-corrected chi connectivity index (χ0v) is 8.02. The van der Waals surface area contributed by atoms with Crippen molar-refractivity contribution >= 4 is 0 Å². The minimum Gasteiger partial charge on any atom is -0.317 e. The van der Waals surface area contributed by atoms with Crippen molar-refractivity contribution in [3.63, 3.8) is 0 Å². The topological polar surface area (TPSA) is 15.3 Å². The van der Waals surface area contributed by atoms with Crippen LogP contribution in [0.2, 0.25) is 0 Å². The fourth-order valence-electron chi connectivity index (χ4n) is 1.75. The SMILES string of the molecule is CNCC(F)C1CCN(C)CC1. The van der Waals surface area contributed by atoms with Crippen molar-refractivity contribution in [2.75, 3.05) is 33.7 Å². The lowest BCUT2D eigenvalue weighted by atomic mass is 9.92. The maximum Gasteiger partial charge on any atom is 0.115 e. The van der Waals surface area contributed by atoms with Gasteiger partial charge < -0.3 is 10.2 Å². The Morgan fingerprint density at radius 3 is 2.58 bits per heavy atom. The predicted octanol–water partition coefficient (Wildman–Crippen LogP) is 0.886. The molecule has 1 N–H and O–H groups in total. The molecule has 0 aromatic carbocycles. The third-order valence-corrected chi connectivity index (χ3v) is 2.67. The van der Waals surface area contributed by atoms with E-state index in [-0.39, 0.29) is 5.92 Å². The summed E-state index contributed by atoms with van der Waals surface area (Å²) in [6.07, 6.45) is 1.38. The van der Waals surface area contributed by atoms with E-state index in [0.717, 1.165) is 25.9 Å². The number of nitrogens with one attached hydrogen (secondary N) is 1. The number of alkyl halides is 1. The Labute approximate surface area is 74.1 Å². The molecule has 1 rings (SSSR count). The van der Waals surface area contributed by atoms with Gasteiger partial charge in [0.2, 0.25) is 0 Å². The van der Waals surface area contributed by atoms with Crippen LogP contribution in [0.25, 0.3) is 0 Å². The predicted molar refractivity (Wildman–Crippen MR) is 49.0 cm³/mol. The van der Waals surface area contributed by atoms with Crippen molar-refractivity contribution in [3.8, 4) is 0 Å². The molecule has 1 aliphatic heterocycles. The van der Waals surface area contributed by atoms with Crippen molar-refractivity contribution < 1.29 is 4.39 Å². The molecule has 1 saturated heterocycles. The van der Waals surface area contributed by atoms with Crippen molar-refractivity contribution in [2.45, 2.75) is 19.0 Å². The van der Waals surface area contributed by atoms with Gasteiger partial charge in [0.05, 0.1) is 0 Å². The Morgan fingerprint density at radius 1 is 1.50 bits per heavy atom. The molecule has 0 aliphatic carbocycles. The minimum absolute atomic E-state index is 0.286. The fourth-order valence-corrected chi connectivity index (χ4v) is 1.75. The van der Waals surface area contributed by atoms with Gasteiger partial charge in [0.25, 0.3) is 0 Å². The molecule has 1 unspecified atom stereocenters. The molecule has 1 aliphatic rings. The molecular formula is C9H19FN2. The van der Waals surface area contributed by atoms with Gasteiger partial charge in [-0.05, 0) is 45.9 Å². The summed E-state index contributed by atoms with van der Waals surface area (Å²) in [6, 6.07) is 0. The van der Waals surface area contributed by atoms with Crippen LogP contribution in [0.1, 0.15) is 12.8 Å². The molecule has 0 aromatic heterocycles. The molecule has 0 saturated carbocycles. The Balaban J connectivity index is 2.24. The van der Waals surface area contributed by atoms with E-state index in [0.29, 0.717) is 6.54 Å². The van der Waals surface area contributed by atoms with Gasteiger partial charge >= 0.3 is 0 Å². The summed E-state index contributed by atoms with van der Waals surface area (Å²) in [4.78, 5) is 2.27. The maximum atomic E-state index is 13.3. The van der Waals surface area contributed by atoms with E-state index in [1.54, 1.807) is 0 Å². The first kappa shape index (κ1) is 9.93. The monoisotopic (exact) mass is 174 g/mol. The number of hydrogen-bond donors (Lipinski definition) is 1. The molecule has 0 spiro atoms. The second-order valence-electron chi connectivity index (χ2n) is 3.71. The summed E-state index contributed by atoms with van der Waals surface area (Å²) in [5.41, 5.74) is 0. The standard InChI is InChI=1S/C9H19FN2/c1-11-7-9(10)8-3-5-12(2)6-4-8/h8-9,11H,3-7H2,1-2H3. The largest absolute Gasteiger partial charge is 0.317 e. The summed E-state index contributed by atoms with van der Waals surface area (Å²) in [5.74, 6) is 0.286. The van der Waals surface area contributed by atoms with Crippen LogP contribution >= 0.6 is 0 Å². The average Bonchev–Trinajstić information content (AvgIpc) is 2.06. The summed E-state index contributed by atoms with van der Waals surface area (Å²) < 4.78 is 13.3. The zero-order chi connectivity index (χ0) is 8.97. The van der Waals surface area contributed by atoms with Gasteiger partial charge in [-0.1, -0.05) is 0 Å². The first-order valence-corrected chi connectivity index (χ1v) is 4.71. The molecule has 0 aromatic rings. The number of nitrogens with zero attached hydrogens (tertiary/aromatic N) is 1. The van der Waals surface area contributed by atoms with E-state index in [1.807, 2.05) is 7.05 Å². The first-order chi connectivity index (χ1) is 5.74. The van der Waals surface area contributed by atoms with Gasteiger partial charge in [-0.15, -0.1) is 0 Å². The lowest BCUT2D eigenvalue weighted by Crippen LogP contribution is -2.37. The van der Waals surface area contributed by atoms with Crippen LogP contribution in [0.5, 0.6) is 0 Å². The molecule has 1 heterocycles. The molecule has 12 heavy (non-hydrogen) atoms. The van der Waals surface area contributed by atoms with E-state index in [4.69, 9.17) is 0 Å². The highest BCUT2D eigenvalue weighted by Gasteiger charge is 2.24. The third kappa shape index (κ3) is 2.72. The molecule has 1 atom stereocenters. The molecule has 0 radical (unpaired) electrons. The Hall–Kier alpha value is -0.150. The van der Waals surface area contributed by atoms with Crippen LogP contribution in [-0.2, 0) is 0 Å². The summed E-state index contributed by atoms with van der Waals surface area (Å²) in [6.45, 7) is 2.61. The van der Waals surface area contributed by atoms with Gasteiger partial charge in [-0.25, -0.2) is 4.39 Å². The van der Waals surface area contributed by atoms with Gasteiger partial charge in [0.1, 0.15) is 6.17 Å². The molecule has 0 amide bonds. The average molecular weight is 174 g/mol. The Morgan fingerprint density at radius 2 is 2.08 bits per heavy atom. The number of halogens is 1. The van der Waals surface area contributed by atoms with Gasteiger partial charge in [0, 0.05) is 6.54 Å². The lowest BCUT2D eigenvalue weighted by Gasteiger charge is -2.30. The molecule has 72 valence electrons. The van der Waals surface area contributed by atoms with Crippen LogP contribution in [0.4, 0.5) is 4.39 Å². The number of rotatable bonds is 3. The van der Waals surface area contributed by atoms with Crippen molar-refractivity contribution in [2.24, 2.45) is 5.92 Å². The van der Waals surface area contributed by atoms with Crippen LogP contribution in [-0.4, -0.2) is 44.8 Å². The van der Waals surface area contributed by atoms with Gasteiger partial charge in [-0.2, -0.15) is 0 Å². The van der Waals surface area contributed by atoms with Crippen LogP contribution in [0, 0.1) is 5.92 Å². The normalized spacial score (nSPS) is 24.2. The van der Waals surface area contributed by atoms with E-state index < -0.39 is 6.17 Å². The van der Waals surface area contributed by atoms with Gasteiger partial charge in [0.15, 0.2) is 0 Å². The maximum absolute atomic E-state index is 13.3. The van der Waals surface area contributed by atoms with Crippen LogP contribution in [0.3, 0.4) is 0 Å². The van der Waals surface area contributed by atoms with Crippen molar-refractivity contribution in [1.82, 2.24) is 10.2 Å². The quantitative estimate of drug-likeness (QED) is 0.683. The Kier molecular flexibility index (Phi) is 3.95. The van der Waals surface area contributed by atoms with Crippen molar-refractivity contribution in [3.05, 3.63) is 0 Å². The number of hydrogen-bond acceptors (Lipinski definition) is 2. The summed E-state index contributed by atoms with van der Waals surface area (Å²) in [5, 5.41) is 2.89. The number of likely N-dealkylation sites (tertiary alicyclic amines) is 1. The van der Waals surface area contributed by atoms with E-state index in [2.05, 4.69) is 17.3 Å². The summed E-state index contributed by atoms with van der Waals surface area (Å²) in [7, 11) is 3.91. The first-order valence-electron chi connectivity index (χ1n) is 4.71. The summed E-state index contributed by atoms with van der Waals surface area (Å²) >= 11 is 0. The Bertz CT molecular complexity index is 122. The van der Waals surface area contributed by atoms with Crippen LogP contribution in [0.15, 0.2) is 0 Å². The molecule has 0 bridgehead atoms. The van der Waals surface area contributed by atoms with Gasteiger partial charge in [-0.3, -0.25) is 0 Å². The zero-order valence-electron chi connectivity index (χ0n) is 8.02.